The first-order valence-electron chi connectivity index (χ1n) is 6.73. The lowest BCUT2D eigenvalue weighted by atomic mass is 10.2. The number of nitrogens with one attached hydrogen (secondary N) is 1. The molecular weight excluding hydrogens is 268 g/mol. The average molecular weight is 286 g/mol. The standard InChI is InChI=1S/C16H18N2O3/c1-3-21-16-14(8-5-9-17-16)15(19)18-11-12-6-4-7-13(10-12)20-2/h4-10H,3,11H2,1-2H3,(H,18,19). The number of carbonyl (C=O) groups is 1. The van der Waals surface area contributed by atoms with Crippen molar-refractivity contribution in [2.24, 2.45) is 0 Å². The number of methoxy groups -OCH3 is 1. The molecular formula is C16H18N2O3. The molecule has 0 atom stereocenters. The molecule has 1 aromatic carbocycles. The summed E-state index contributed by atoms with van der Waals surface area (Å²) < 4.78 is 10.5. The van der Waals surface area contributed by atoms with Crippen LogP contribution in [-0.2, 0) is 6.54 Å². The molecule has 0 fully saturated rings. The van der Waals surface area contributed by atoms with E-state index >= 15 is 0 Å². The predicted octanol–water partition coefficient (Wildman–Crippen LogP) is 2.42. The lowest BCUT2D eigenvalue weighted by Gasteiger charge is -2.10. The molecule has 1 heterocycles. The van der Waals surface area contributed by atoms with Gasteiger partial charge in [0.2, 0.25) is 5.88 Å². The minimum atomic E-state index is -0.214. The summed E-state index contributed by atoms with van der Waals surface area (Å²) in [6.45, 7) is 2.73. The van der Waals surface area contributed by atoms with Gasteiger partial charge in [0.1, 0.15) is 11.3 Å². The van der Waals surface area contributed by atoms with Crippen molar-refractivity contribution >= 4 is 5.91 Å². The van der Waals surface area contributed by atoms with Gasteiger partial charge in [0.05, 0.1) is 13.7 Å². The highest BCUT2D eigenvalue weighted by Crippen LogP contribution is 2.15. The Morgan fingerprint density at radius 1 is 1.29 bits per heavy atom. The van der Waals surface area contributed by atoms with Gasteiger partial charge in [0.25, 0.3) is 5.91 Å². The minimum absolute atomic E-state index is 0.214. The van der Waals surface area contributed by atoms with Gasteiger partial charge >= 0.3 is 0 Å². The van der Waals surface area contributed by atoms with E-state index < -0.39 is 0 Å². The lowest BCUT2D eigenvalue weighted by Crippen LogP contribution is -2.23. The predicted molar refractivity (Wildman–Crippen MR) is 79.6 cm³/mol. The van der Waals surface area contributed by atoms with Crippen molar-refractivity contribution in [1.82, 2.24) is 10.3 Å². The molecule has 0 aliphatic rings. The Labute approximate surface area is 123 Å². The van der Waals surface area contributed by atoms with Gasteiger partial charge in [-0.25, -0.2) is 4.98 Å². The van der Waals surface area contributed by atoms with Gasteiger partial charge in [-0.3, -0.25) is 4.79 Å². The first kappa shape index (κ1) is 14.8. The molecule has 1 aromatic heterocycles. The third-order valence-electron chi connectivity index (χ3n) is 2.88. The molecule has 5 nitrogen and oxygen atoms in total. The fourth-order valence-corrected chi connectivity index (χ4v) is 1.88. The summed E-state index contributed by atoms with van der Waals surface area (Å²) in [7, 11) is 1.61. The quantitative estimate of drug-likeness (QED) is 0.886. The van der Waals surface area contributed by atoms with E-state index in [9.17, 15) is 4.79 Å². The van der Waals surface area contributed by atoms with E-state index in [2.05, 4.69) is 10.3 Å². The molecule has 0 radical (unpaired) electrons. The second-order valence-electron chi connectivity index (χ2n) is 4.32. The zero-order valence-electron chi connectivity index (χ0n) is 12.1. The van der Waals surface area contributed by atoms with Crippen molar-refractivity contribution in [3.8, 4) is 11.6 Å². The fraction of sp³-hybridized carbons (Fsp3) is 0.250. The summed E-state index contributed by atoms with van der Waals surface area (Å²) in [6, 6.07) is 11.0. The third kappa shape index (κ3) is 3.95. The van der Waals surface area contributed by atoms with Crippen LogP contribution in [0.4, 0.5) is 0 Å². The molecule has 2 rings (SSSR count). The second kappa shape index (κ2) is 7.28. The summed E-state index contributed by atoms with van der Waals surface area (Å²) in [5.74, 6) is 0.899. The molecule has 0 aliphatic carbocycles. The van der Waals surface area contributed by atoms with Crippen molar-refractivity contribution in [3.63, 3.8) is 0 Å². The van der Waals surface area contributed by atoms with Crippen LogP contribution in [0.15, 0.2) is 42.6 Å². The fourth-order valence-electron chi connectivity index (χ4n) is 1.88. The molecule has 0 spiro atoms. The van der Waals surface area contributed by atoms with Crippen molar-refractivity contribution in [2.75, 3.05) is 13.7 Å². The molecule has 0 unspecified atom stereocenters. The summed E-state index contributed by atoms with van der Waals surface area (Å²) in [5.41, 5.74) is 1.40. The van der Waals surface area contributed by atoms with Crippen LogP contribution in [0.3, 0.4) is 0 Å². The first-order valence-corrected chi connectivity index (χ1v) is 6.73. The number of ether oxygens (including phenoxy) is 2. The van der Waals surface area contributed by atoms with Crippen LogP contribution >= 0.6 is 0 Å². The summed E-state index contributed by atoms with van der Waals surface area (Å²) >= 11 is 0. The maximum atomic E-state index is 12.2. The largest absolute Gasteiger partial charge is 0.497 e. The maximum absolute atomic E-state index is 12.2. The topological polar surface area (TPSA) is 60.5 Å². The molecule has 1 N–H and O–H groups in total. The Balaban J connectivity index is 2.04. The van der Waals surface area contributed by atoms with E-state index in [0.717, 1.165) is 11.3 Å². The van der Waals surface area contributed by atoms with Crippen LogP contribution in [-0.4, -0.2) is 24.6 Å². The van der Waals surface area contributed by atoms with Crippen LogP contribution in [0.1, 0.15) is 22.8 Å². The van der Waals surface area contributed by atoms with Gasteiger partial charge in [-0.15, -0.1) is 0 Å². The van der Waals surface area contributed by atoms with Crippen LogP contribution in [0.2, 0.25) is 0 Å². The molecule has 0 aliphatic heterocycles. The number of hydrogen-bond acceptors (Lipinski definition) is 4. The number of amides is 1. The van der Waals surface area contributed by atoms with Crippen molar-refractivity contribution in [1.29, 1.82) is 0 Å². The minimum Gasteiger partial charge on any atom is -0.497 e. The van der Waals surface area contributed by atoms with Crippen LogP contribution in [0.5, 0.6) is 11.6 Å². The molecule has 110 valence electrons. The maximum Gasteiger partial charge on any atom is 0.257 e. The van der Waals surface area contributed by atoms with Crippen molar-refractivity contribution in [2.45, 2.75) is 13.5 Å². The highest BCUT2D eigenvalue weighted by molar-refractivity contribution is 5.96. The SMILES string of the molecule is CCOc1ncccc1C(=O)NCc1cccc(OC)c1. The lowest BCUT2D eigenvalue weighted by molar-refractivity contribution is 0.0946. The van der Waals surface area contributed by atoms with Gasteiger partial charge in [-0.05, 0) is 36.8 Å². The monoisotopic (exact) mass is 286 g/mol. The average Bonchev–Trinajstić information content (AvgIpc) is 2.53. The van der Waals surface area contributed by atoms with E-state index in [1.54, 1.807) is 25.4 Å². The number of rotatable bonds is 6. The summed E-state index contributed by atoms with van der Waals surface area (Å²) in [6.07, 6.45) is 1.60. The number of hydrogen-bond donors (Lipinski definition) is 1. The molecule has 5 heteroatoms. The van der Waals surface area contributed by atoms with Gasteiger partial charge in [0.15, 0.2) is 0 Å². The van der Waals surface area contributed by atoms with Gasteiger partial charge in [-0.1, -0.05) is 12.1 Å². The van der Waals surface area contributed by atoms with E-state index in [1.807, 2.05) is 31.2 Å². The highest BCUT2D eigenvalue weighted by atomic mass is 16.5. The van der Waals surface area contributed by atoms with Gasteiger partial charge in [-0.2, -0.15) is 0 Å². The smallest absolute Gasteiger partial charge is 0.257 e. The Morgan fingerprint density at radius 2 is 2.14 bits per heavy atom. The number of carbonyl (C=O) groups excluding carboxylic acids is 1. The molecule has 0 saturated carbocycles. The van der Waals surface area contributed by atoms with E-state index in [4.69, 9.17) is 9.47 Å². The second-order valence-corrected chi connectivity index (χ2v) is 4.32. The highest BCUT2D eigenvalue weighted by Gasteiger charge is 2.12. The number of aromatic nitrogens is 1. The Kier molecular flexibility index (Phi) is 5.15. The van der Waals surface area contributed by atoms with Crippen LogP contribution in [0, 0.1) is 0 Å². The zero-order valence-corrected chi connectivity index (χ0v) is 12.1. The number of benzene rings is 1. The molecule has 0 saturated heterocycles. The van der Waals surface area contributed by atoms with Gasteiger partial charge < -0.3 is 14.8 Å². The first-order chi connectivity index (χ1) is 10.2. The van der Waals surface area contributed by atoms with Crippen LogP contribution in [0.25, 0.3) is 0 Å². The normalized spacial score (nSPS) is 10.0. The van der Waals surface area contributed by atoms with Crippen molar-refractivity contribution < 1.29 is 14.3 Å². The van der Waals surface area contributed by atoms with Crippen LogP contribution < -0.4 is 14.8 Å². The molecule has 0 bridgehead atoms. The summed E-state index contributed by atoms with van der Waals surface area (Å²) in [4.78, 5) is 16.3. The van der Waals surface area contributed by atoms with E-state index in [0.29, 0.717) is 24.6 Å². The van der Waals surface area contributed by atoms with E-state index in [-0.39, 0.29) is 5.91 Å². The summed E-state index contributed by atoms with van der Waals surface area (Å²) in [5, 5.41) is 2.85. The Hall–Kier alpha value is -2.56. The number of nitrogens with zero attached hydrogens (tertiary/aromatic N) is 1. The Bertz CT molecular complexity index is 614. The molecule has 2 aromatic rings. The van der Waals surface area contributed by atoms with Crippen molar-refractivity contribution in [3.05, 3.63) is 53.7 Å². The number of pyridine rings is 1. The van der Waals surface area contributed by atoms with Gasteiger partial charge in [0, 0.05) is 12.7 Å². The van der Waals surface area contributed by atoms with E-state index in [1.165, 1.54) is 0 Å². The molecule has 1 amide bonds. The molecule has 21 heavy (non-hydrogen) atoms. The Morgan fingerprint density at radius 3 is 2.90 bits per heavy atom. The zero-order chi connectivity index (χ0) is 15.1. The third-order valence-corrected chi connectivity index (χ3v) is 2.88.